The van der Waals surface area contributed by atoms with Crippen molar-refractivity contribution < 1.29 is 27.2 Å². The highest BCUT2D eigenvalue weighted by Gasteiger charge is 2.74. The first kappa shape index (κ1) is 26.1. The number of phenolic OH excluding ortho intramolecular Hbond substituents is 1. The number of carbonyl (C=O) groups is 1. The third kappa shape index (κ3) is 4.01. The fourth-order valence-corrected chi connectivity index (χ4v) is 9.58. The van der Waals surface area contributed by atoms with Gasteiger partial charge in [-0.15, -0.1) is 0 Å². The Bertz CT molecular complexity index is 1470. The lowest BCUT2D eigenvalue weighted by atomic mass is 9.53. The largest absolute Gasteiger partial charge is 0.504 e. The number of rotatable bonds is 8. The number of hydrogen-bond donors (Lipinski definition) is 1. The number of allylic oxidation sites excluding steroid dienone is 1. The molecule has 41 heavy (non-hydrogen) atoms. The van der Waals surface area contributed by atoms with Crippen molar-refractivity contribution in [2.75, 3.05) is 19.7 Å². The Morgan fingerprint density at radius 3 is 2.76 bits per heavy atom. The second kappa shape index (κ2) is 9.76. The van der Waals surface area contributed by atoms with Crippen molar-refractivity contribution in [2.45, 2.75) is 87.4 Å². The Balaban J connectivity index is 1.10. The number of ketones is 1. The van der Waals surface area contributed by atoms with Crippen molar-refractivity contribution in [3.05, 3.63) is 70.3 Å². The fraction of sp³-hybridized carbons (Fsp3) is 0.545. The molecule has 2 bridgehead atoms. The van der Waals surface area contributed by atoms with Crippen LogP contribution in [0.2, 0.25) is 0 Å². The van der Waals surface area contributed by atoms with Crippen LogP contribution >= 0.6 is 0 Å². The number of benzene rings is 2. The molecule has 216 valence electrons. The summed E-state index contributed by atoms with van der Waals surface area (Å²) in [5.41, 5.74) is 4.32. The summed E-state index contributed by atoms with van der Waals surface area (Å²) in [6.07, 6.45) is 9.61. The molecule has 4 aliphatic carbocycles. The van der Waals surface area contributed by atoms with Crippen LogP contribution in [0.4, 0.5) is 0 Å². The Labute approximate surface area is 243 Å². The van der Waals surface area contributed by atoms with Crippen LogP contribution in [0, 0.1) is 5.92 Å². The van der Waals surface area contributed by atoms with E-state index in [2.05, 4.69) is 35.2 Å². The van der Waals surface area contributed by atoms with Gasteiger partial charge >= 0.3 is 11.4 Å². The third-order valence-corrected chi connectivity index (χ3v) is 11.6. The van der Waals surface area contributed by atoms with Crippen LogP contribution in [0.3, 0.4) is 0 Å². The summed E-state index contributed by atoms with van der Waals surface area (Å²) in [5, 5.41) is 10.9. The molecule has 0 aromatic heterocycles. The van der Waals surface area contributed by atoms with Gasteiger partial charge in [-0.1, -0.05) is 42.0 Å². The van der Waals surface area contributed by atoms with Crippen molar-refractivity contribution in [3.63, 3.8) is 0 Å². The minimum absolute atomic E-state index is 0.0124. The number of phenols is 1. The molecule has 2 aromatic carbocycles. The van der Waals surface area contributed by atoms with Crippen LogP contribution in [0.5, 0.6) is 11.5 Å². The summed E-state index contributed by atoms with van der Waals surface area (Å²) in [6, 6.07) is 12.2. The quantitative estimate of drug-likeness (QED) is 0.459. The number of ether oxygens (including phenoxy) is 1. The molecule has 0 amide bonds. The normalized spacial score (nSPS) is 32.4. The summed E-state index contributed by atoms with van der Waals surface area (Å²) >= 11 is -2.00. The standard InChI is InChI=1S/C33H37NO6S/c35-26-11-9-24-10-12-28-33(40-41(37)38-18-14-21-7-8-23-3-1-2-4-25(23)19-21)15-13-27(36)31-32(33,29(24)30(26)39-31)16-17-34(28)20-22-5-6-22/h1-4,7,9,11,22,28,31,35H,5-6,8,10,12-20H2. The smallest absolute Gasteiger partial charge is 0.305 e. The van der Waals surface area contributed by atoms with E-state index in [1.165, 1.54) is 29.5 Å². The number of carbonyl (C=O) groups excluding carboxylic acids is 1. The van der Waals surface area contributed by atoms with E-state index in [0.717, 1.165) is 49.9 Å². The van der Waals surface area contributed by atoms with E-state index < -0.39 is 28.5 Å². The Hall–Kier alpha value is -2.52. The predicted molar refractivity (Wildman–Crippen MR) is 154 cm³/mol. The molecule has 2 saturated carbocycles. The average Bonchev–Trinajstić information content (AvgIpc) is 3.72. The maximum absolute atomic E-state index is 13.7. The molecule has 2 aliphatic heterocycles. The first-order valence-corrected chi connectivity index (χ1v) is 16.3. The van der Waals surface area contributed by atoms with E-state index in [1.807, 2.05) is 6.07 Å². The van der Waals surface area contributed by atoms with Gasteiger partial charge in [-0.2, -0.15) is 4.21 Å². The van der Waals surface area contributed by atoms with Crippen LogP contribution < -0.4 is 4.74 Å². The van der Waals surface area contributed by atoms with Gasteiger partial charge in [0.1, 0.15) is 5.60 Å². The van der Waals surface area contributed by atoms with Gasteiger partial charge < -0.3 is 9.84 Å². The number of likely N-dealkylation sites (tertiary alicyclic amines) is 1. The number of hydrogen-bond acceptors (Lipinski definition) is 7. The average molecular weight is 576 g/mol. The van der Waals surface area contributed by atoms with E-state index in [4.69, 9.17) is 13.1 Å². The van der Waals surface area contributed by atoms with Crippen LogP contribution in [0.25, 0.3) is 0 Å². The van der Waals surface area contributed by atoms with Gasteiger partial charge in [-0.05, 0) is 93.0 Å². The van der Waals surface area contributed by atoms with Crippen molar-refractivity contribution in [3.8, 4) is 11.5 Å². The number of nitrogens with zero attached hydrogens (tertiary/aromatic N) is 1. The lowest BCUT2D eigenvalue weighted by molar-refractivity contribution is -0.172. The maximum atomic E-state index is 13.7. The minimum Gasteiger partial charge on any atom is -0.504 e. The van der Waals surface area contributed by atoms with Gasteiger partial charge in [0.15, 0.2) is 23.4 Å². The summed E-state index contributed by atoms with van der Waals surface area (Å²) < 4.78 is 32.7. The molecule has 1 saturated heterocycles. The summed E-state index contributed by atoms with van der Waals surface area (Å²) in [5.74, 6) is 1.22. The fourth-order valence-electron chi connectivity index (χ4n) is 8.73. The van der Waals surface area contributed by atoms with Gasteiger partial charge in [0.25, 0.3) is 0 Å². The first-order valence-electron chi connectivity index (χ1n) is 15.3. The zero-order valence-corrected chi connectivity index (χ0v) is 24.1. The Morgan fingerprint density at radius 2 is 1.90 bits per heavy atom. The molecule has 7 nitrogen and oxygen atoms in total. The molecule has 8 rings (SSSR count). The zero-order chi connectivity index (χ0) is 27.8. The van der Waals surface area contributed by atoms with Gasteiger partial charge in [-0.25, -0.2) is 0 Å². The van der Waals surface area contributed by atoms with Gasteiger partial charge in [-0.3, -0.25) is 18.1 Å². The van der Waals surface area contributed by atoms with Gasteiger partial charge in [0.2, 0.25) is 0 Å². The minimum atomic E-state index is -2.00. The zero-order valence-electron chi connectivity index (χ0n) is 23.3. The molecular weight excluding hydrogens is 538 g/mol. The van der Waals surface area contributed by atoms with Crippen LogP contribution in [0.15, 0.2) is 48.0 Å². The molecule has 1 N–H and O–H groups in total. The van der Waals surface area contributed by atoms with Crippen LogP contribution in [-0.2, 0) is 49.2 Å². The van der Waals surface area contributed by atoms with E-state index in [-0.39, 0.29) is 17.6 Å². The highest BCUT2D eigenvalue weighted by atomic mass is 32.2. The van der Waals surface area contributed by atoms with Crippen molar-refractivity contribution in [1.82, 2.24) is 4.90 Å². The molecule has 8 heteroatoms. The van der Waals surface area contributed by atoms with Crippen molar-refractivity contribution in [1.29, 1.82) is 0 Å². The molecule has 5 atom stereocenters. The second-order valence-corrected chi connectivity index (χ2v) is 13.7. The topological polar surface area (TPSA) is 85.3 Å². The van der Waals surface area contributed by atoms with E-state index in [1.54, 1.807) is 6.07 Å². The van der Waals surface area contributed by atoms with E-state index in [0.29, 0.717) is 44.0 Å². The first-order chi connectivity index (χ1) is 20.0. The van der Waals surface area contributed by atoms with Gasteiger partial charge in [0.05, 0.1) is 12.0 Å². The summed E-state index contributed by atoms with van der Waals surface area (Å²) in [6.45, 7) is 2.14. The van der Waals surface area contributed by atoms with Crippen LogP contribution in [0.1, 0.15) is 67.2 Å². The lowest BCUT2D eigenvalue weighted by Gasteiger charge is -2.60. The van der Waals surface area contributed by atoms with Gasteiger partial charge in [0, 0.05) is 24.6 Å². The molecule has 1 spiro atoms. The molecule has 0 radical (unpaired) electrons. The molecule has 2 heterocycles. The number of fused-ring (bicyclic) bond motifs is 1. The maximum Gasteiger partial charge on any atom is 0.305 e. The molecule has 6 aliphatic rings. The summed E-state index contributed by atoms with van der Waals surface area (Å²) in [4.78, 5) is 16.0. The third-order valence-electron chi connectivity index (χ3n) is 10.8. The molecule has 2 aromatic rings. The van der Waals surface area contributed by atoms with Crippen molar-refractivity contribution in [2.24, 2.45) is 5.92 Å². The number of aryl methyl sites for hydroxylation is 1. The SMILES string of the molecule is O=C1CCC2(OS(=O)OCCC3=CCc4ccccc4C3)C3CCc4ccc(O)c5c4C2(CCN3CC2CC2)C1O5. The van der Waals surface area contributed by atoms with Crippen LogP contribution in [-0.4, -0.2) is 57.4 Å². The molecule has 5 unspecified atom stereocenters. The highest BCUT2D eigenvalue weighted by Crippen LogP contribution is 2.65. The van der Waals surface area contributed by atoms with E-state index in [9.17, 15) is 14.1 Å². The van der Waals surface area contributed by atoms with E-state index >= 15 is 0 Å². The lowest BCUT2D eigenvalue weighted by Crippen LogP contribution is -2.75. The number of piperidine rings is 1. The monoisotopic (exact) mass is 575 g/mol. The number of aromatic hydroxyl groups is 1. The summed E-state index contributed by atoms with van der Waals surface area (Å²) in [7, 11) is 0. The highest BCUT2D eigenvalue weighted by molar-refractivity contribution is 7.75. The number of Topliss-reactive ketones (excluding diaryl/α,β-unsaturated/α-hetero) is 1. The molecular formula is C33H37NO6S. The Kier molecular flexibility index (Phi) is 6.22. The Morgan fingerprint density at radius 1 is 1.05 bits per heavy atom. The predicted octanol–water partition coefficient (Wildman–Crippen LogP) is 4.65. The van der Waals surface area contributed by atoms with Crippen molar-refractivity contribution >= 4 is 17.1 Å². The molecule has 3 fully saturated rings. The second-order valence-electron chi connectivity index (χ2n) is 12.9.